The van der Waals surface area contributed by atoms with E-state index in [9.17, 15) is 42.0 Å². The standard InChI is InChI=1S/C24H36BF3N4O7/c1-16(33)7-12-20(23(37)38)31-24(39)30-19(22(35)36)6-4-5-13-29-21(34)18-10-8-17(9-11-18)14-32(2,3)15-25(26,27)28/h8-11,19-20H,4-7,12-15H2,1-3H3,(H,29,34)(H,35,36)(H,37,38)(H2,30,31,39)/t19-,20-/m0/s1. The van der Waals surface area contributed by atoms with E-state index in [1.807, 2.05) is 0 Å². The summed E-state index contributed by atoms with van der Waals surface area (Å²) in [4.78, 5) is 58.2. The summed E-state index contributed by atoms with van der Waals surface area (Å²) < 4.78 is 38.1. The highest BCUT2D eigenvalue weighted by atomic mass is 19.4. The summed E-state index contributed by atoms with van der Waals surface area (Å²) in [5, 5.41) is 25.5. The van der Waals surface area contributed by atoms with Gasteiger partial charge in [-0.3, -0.25) is 4.79 Å². The van der Waals surface area contributed by atoms with E-state index < -0.39 is 49.4 Å². The molecule has 39 heavy (non-hydrogen) atoms. The van der Waals surface area contributed by atoms with Crippen LogP contribution in [0.25, 0.3) is 0 Å². The van der Waals surface area contributed by atoms with Gasteiger partial charge in [0.05, 0.1) is 20.5 Å². The molecule has 3 amide bonds. The summed E-state index contributed by atoms with van der Waals surface area (Å²) in [6, 6.07) is 2.61. The number of carboxylic acid groups (broad SMARTS) is 2. The highest BCUT2D eigenvalue weighted by molar-refractivity contribution is 6.58. The van der Waals surface area contributed by atoms with Crippen molar-refractivity contribution < 1.29 is 51.6 Å². The highest BCUT2D eigenvalue weighted by Crippen LogP contribution is 2.18. The van der Waals surface area contributed by atoms with Crippen LogP contribution in [0, 0.1) is 0 Å². The predicted molar refractivity (Wildman–Crippen MR) is 137 cm³/mol. The summed E-state index contributed by atoms with van der Waals surface area (Å²) in [7, 11) is 2.96. The largest absolute Gasteiger partial charge is 0.531 e. The van der Waals surface area contributed by atoms with Crippen molar-refractivity contribution in [1.29, 1.82) is 0 Å². The van der Waals surface area contributed by atoms with Gasteiger partial charge in [0, 0.05) is 24.1 Å². The maximum Gasteiger partial charge on any atom is 0.531 e. The van der Waals surface area contributed by atoms with E-state index in [4.69, 9.17) is 5.11 Å². The number of halogens is 3. The first kappa shape index (κ1) is 33.4. The van der Waals surface area contributed by atoms with Crippen LogP contribution in [0.4, 0.5) is 17.7 Å². The normalized spacial score (nSPS) is 13.2. The molecule has 1 rings (SSSR count). The second-order valence-corrected chi connectivity index (χ2v) is 10.1. The number of Topliss-reactive ketones (excluding diaryl/α,β-unsaturated/α-hetero) is 1. The third kappa shape index (κ3) is 14.2. The molecule has 0 aliphatic heterocycles. The zero-order valence-corrected chi connectivity index (χ0v) is 22.2. The minimum Gasteiger partial charge on any atom is -0.480 e. The fourth-order valence-electron chi connectivity index (χ4n) is 3.88. The highest BCUT2D eigenvalue weighted by Gasteiger charge is 2.33. The Balaban J connectivity index is 2.48. The Kier molecular flexibility index (Phi) is 12.9. The number of amides is 3. The molecule has 5 N–H and O–H groups in total. The Bertz CT molecular complexity index is 1020. The molecule has 0 heterocycles. The third-order valence-electron chi connectivity index (χ3n) is 5.73. The fraction of sp³-hybridized carbons (Fsp3) is 0.542. The Morgan fingerprint density at radius 3 is 1.92 bits per heavy atom. The van der Waals surface area contributed by atoms with Gasteiger partial charge >= 0.3 is 24.9 Å². The average molecular weight is 560 g/mol. The minimum atomic E-state index is -4.93. The first-order chi connectivity index (χ1) is 18.0. The lowest BCUT2D eigenvalue weighted by Gasteiger charge is -2.34. The summed E-state index contributed by atoms with van der Waals surface area (Å²) in [6.45, 7) is -3.29. The molecule has 0 radical (unpaired) electrons. The molecule has 0 saturated carbocycles. The van der Waals surface area contributed by atoms with Gasteiger partial charge in [0.15, 0.2) is 0 Å². The second-order valence-electron chi connectivity index (χ2n) is 10.1. The summed E-state index contributed by atoms with van der Waals surface area (Å²) >= 11 is 0. The number of carboxylic acids is 2. The Morgan fingerprint density at radius 1 is 0.897 bits per heavy atom. The molecule has 0 spiro atoms. The SMILES string of the molecule is CC(=O)CC[C@H](NC(=O)N[C@@H](CCCCNC(=O)c1ccc(C[N+](C)(C)C[B-](F)(F)F)cc1)C(=O)O)C(=O)O. The first-order valence-corrected chi connectivity index (χ1v) is 12.4. The molecule has 0 aromatic heterocycles. The molecule has 0 unspecified atom stereocenters. The molecular formula is C24H36BF3N4O7. The number of benzene rings is 1. The Labute approximate surface area is 224 Å². The van der Waals surface area contributed by atoms with Crippen LogP contribution in [0.15, 0.2) is 24.3 Å². The number of aliphatic carboxylic acids is 2. The van der Waals surface area contributed by atoms with E-state index in [2.05, 4.69) is 16.0 Å². The number of ketones is 1. The van der Waals surface area contributed by atoms with Crippen LogP contribution < -0.4 is 16.0 Å². The van der Waals surface area contributed by atoms with Crippen molar-refractivity contribution in [2.24, 2.45) is 0 Å². The lowest BCUT2D eigenvalue weighted by molar-refractivity contribution is -0.895. The lowest BCUT2D eigenvalue weighted by Crippen LogP contribution is -2.51. The molecular weight excluding hydrogens is 524 g/mol. The number of unbranched alkanes of at least 4 members (excludes halogenated alkanes) is 1. The molecule has 0 saturated heterocycles. The fourth-order valence-corrected chi connectivity index (χ4v) is 3.88. The maximum atomic E-state index is 12.8. The Morgan fingerprint density at radius 2 is 1.44 bits per heavy atom. The van der Waals surface area contributed by atoms with Crippen LogP contribution in [0.5, 0.6) is 0 Å². The number of nitrogens with zero attached hydrogens (tertiary/aromatic N) is 1. The van der Waals surface area contributed by atoms with Gasteiger partial charge in [-0.2, -0.15) is 0 Å². The van der Waals surface area contributed by atoms with E-state index in [0.29, 0.717) is 24.0 Å². The third-order valence-corrected chi connectivity index (χ3v) is 5.73. The molecule has 0 aliphatic carbocycles. The van der Waals surface area contributed by atoms with Crippen LogP contribution in [0.3, 0.4) is 0 Å². The quantitative estimate of drug-likeness (QED) is 0.111. The smallest absolute Gasteiger partial charge is 0.480 e. The number of hydrogen-bond donors (Lipinski definition) is 5. The molecule has 0 fully saturated rings. The molecule has 15 heteroatoms. The van der Waals surface area contributed by atoms with Gasteiger partial charge in [-0.25, -0.2) is 14.4 Å². The van der Waals surface area contributed by atoms with Crippen LogP contribution in [0.2, 0.25) is 0 Å². The van der Waals surface area contributed by atoms with E-state index in [-0.39, 0.29) is 42.6 Å². The van der Waals surface area contributed by atoms with Crippen molar-refractivity contribution in [2.45, 2.75) is 57.7 Å². The molecule has 2 atom stereocenters. The minimum absolute atomic E-state index is 0.0196. The van der Waals surface area contributed by atoms with Crippen LogP contribution in [-0.2, 0) is 20.9 Å². The molecule has 218 valence electrons. The number of carbonyl (C=O) groups is 5. The number of nitrogens with one attached hydrogen (secondary N) is 3. The van der Waals surface area contributed by atoms with E-state index in [1.54, 1.807) is 12.1 Å². The number of urea groups is 1. The van der Waals surface area contributed by atoms with E-state index in [0.717, 1.165) is 0 Å². The summed E-state index contributed by atoms with van der Waals surface area (Å²) in [5.41, 5.74) is 0.977. The van der Waals surface area contributed by atoms with Crippen molar-refractivity contribution in [3.63, 3.8) is 0 Å². The average Bonchev–Trinajstić information content (AvgIpc) is 2.78. The topological polar surface area (TPSA) is 162 Å². The number of hydrogen-bond acceptors (Lipinski definition) is 5. The Hall–Kier alpha value is -3.62. The van der Waals surface area contributed by atoms with Gasteiger partial charge in [0.1, 0.15) is 24.4 Å². The van der Waals surface area contributed by atoms with Gasteiger partial charge in [0.2, 0.25) is 0 Å². The van der Waals surface area contributed by atoms with Crippen molar-refractivity contribution in [1.82, 2.24) is 16.0 Å². The monoisotopic (exact) mass is 560 g/mol. The number of quaternary nitrogens is 1. The van der Waals surface area contributed by atoms with Crippen LogP contribution >= 0.6 is 0 Å². The van der Waals surface area contributed by atoms with Crippen molar-refractivity contribution in [3.05, 3.63) is 35.4 Å². The summed E-state index contributed by atoms with van der Waals surface area (Å²) in [6.07, 6.45) is -0.389. The van der Waals surface area contributed by atoms with Crippen molar-refractivity contribution in [3.8, 4) is 0 Å². The molecule has 1 aromatic rings. The van der Waals surface area contributed by atoms with E-state index in [1.165, 1.54) is 33.2 Å². The number of carbonyl (C=O) groups excluding carboxylic acids is 3. The number of rotatable bonds is 17. The molecule has 1 aromatic carbocycles. The lowest BCUT2D eigenvalue weighted by atomic mass is 9.90. The summed E-state index contributed by atoms with van der Waals surface area (Å²) in [5.74, 6) is -3.32. The maximum absolute atomic E-state index is 12.8. The second kappa shape index (κ2) is 15.1. The van der Waals surface area contributed by atoms with Crippen LogP contribution in [-0.4, -0.2) is 90.5 Å². The molecule has 0 bridgehead atoms. The van der Waals surface area contributed by atoms with Crippen molar-refractivity contribution >= 4 is 36.6 Å². The van der Waals surface area contributed by atoms with Crippen molar-refractivity contribution in [2.75, 3.05) is 27.1 Å². The zero-order valence-electron chi connectivity index (χ0n) is 22.2. The predicted octanol–water partition coefficient (Wildman–Crippen LogP) is 2.12. The molecule has 0 aliphatic rings. The van der Waals surface area contributed by atoms with E-state index >= 15 is 0 Å². The van der Waals surface area contributed by atoms with Gasteiger partial charge < -0.3 is 48.4 Å². The first-order valence-electron chi connectivity index (χ1n) is 12.4. The van der Waals surface area contributed by atoms with Gasteiger partial charge in [-0.05, 0) is 44.7 Å². The van der Waals surface area contributed by atoms with Gasteiger partial charge in [-0.15, -0.1) is 0 Å². The molecule has 11 nitrogen and oxygen atoms in total. The van der Waals surface area contributed by atoms with Gasteiger partial charge in [0.25, 0.3) is 5.91 Å². The zero-order chi connectivity index (χ0) is 29.8. The van der Waals surface area contributed by atoms with Gasteiger partial charge in [-0.1, -0.05) is 12.1 Å². The van der Waals surface area contributed by atoms with Crippen LogP contribution in [0.1, 0.15) is 54.9 Å².